The topological polar surface area (TPSA) is 180 Å². The number of azo groups is 1. The van der Waals surface area contributed by atoms with Gasteiger partial charge in [-0.25, -0.2) is 17.9 Å². The number of aromatic nitrogens is 3. The van der Waals surface area contributed by atoms with E-state index in [1.165, 1.54) is 42.1 Å². The monoisotopic (exact) mass is 464 g/mol. The van der Waals surface area contributed by atoms with Crippen molar-refractivity contribution in [2.75, 3.05) is 17.6 Å². The molecule has 2 aromatic heterocycles. The number of sulfonamides is 1. The number of nitriles is 1. The first-order valence-corrected chi connectivity index (χ1v) is 10.8. The lowest BCUT2D eigenvalue weighted by molar-refractivity contribution is 0.417. The summed E-state index contributed by atoms with van der Waals surface area (Å²) in [5.41, 5.74) is 5.80. The maximum absolute atomic E-state index is 12.7. The number of para-hydroxylation sites is 2. The number of hydrogen-bond acceptors (Lipinski definition) is 9. The number of nitrogens with zero attached hydrogens (tertiary/aromatic N) is 5. The van der Waals surface area contributed by atoms with Crippen LogP contribution in [-0.4, -0.2) is 30.1 Å². The Bertz CT molecular complexity index is 1580. The molecule has 0 radical (unpaired) electrons. The van der Waals surface area contributed by atoms with Crippen LogP contribution < -0.4 is 20.8 Å². The molecule has 12 nitrogen and oxygen atoms in total. The Labute approximate surface area is 187 Å². The van der Waals surface area contributed by atoms with E-state index in [1.807, 2.05) is 6.07 Å². The third kappa shape index (κ3) is 4.23. The molecule has 2 heterocycles. The summed E-state index contributed by atoms with van der Waals surface area (Å²) in [6.07, 6.45) is 1.33. The zero-order chi connectivity index (χ0) is 23.6. The molecular formula is C20H16N8O4S. The lowest BCUT2D eigenvalue weighted by Crippen LogP contribution is -2.13. The van der Waals surface area contributed by atoms with Gasteiger partial charge < -0.3 is 10.5 Å². The summed E-state index contributed by atoms with van der Waals surface area (Å²) < 4.78 is 34.2. The fourth-order valence-electron chi connectivity index (χ4n) is 2.91. The van der Waals surface area contributed by atoms with Crippen molar-refractivity contribution < 1.29 is 13.2 Å². The van der Waals surface area contributed by atoms with E-state index in [2.05, 4.69) is 25.0 Å². The number of aromatic amines is 1. The van der Waals surface area contributed by atoms with Crippen molar-refractivity contribution in [3.63, 3.8) is 0 Å². The molecule has 0 bridgehead atoms. The van der Waals surface area contributed by atoms with Gasteiger partial charge in [0, 0.05) is 0 Å². The molecule has 2 aromatic carbocycles. The van der Waals surface area contributed by atoms with Crippen molar-refractivity contribution >= 4 is 38.6 Å². The third-order valence-corrected chi connectivity index (χ3v) is 5.90. The molecule has 0 spiro atoms. The molecule has 4 N–H and O–H groups in total. The van der Waals surface area contributed by atoms with Crippen LogP contribution >= 0.6 is 0 Å². The quantitative estimate of drug-likeness (QED) is 0.367. The van der Waals surface area contributed by atoms with E-state index in [0.717, 1.165) is 0 Å². The predicted molar refractivity (Wildman–Crippen MR) is 119 cm³/mol. The van der Waals surface area contributed by atoms with Gasteiger partial charge in [-0.1, -0.05) is 12.1 Å². The summed E-state index contributed by atoms with van der Waals surface area (Å²) in [7, 11) is -2.44. The first kappa shape index (κ1) is 21.5. The van der Waals surface area contributed by atoms with Crippen LogP contribution in [-0.2, 0) is 10.0 Å². The number of anilines is 2. The van der Waals surface area contributed by atoms with Crippen LogP contribution in [0.25, 0.3) is 5.65 Å². The second-order valence-electron chi connectivity index (χ2n) is 6.63. The van der Waals surface area contributed by atoms with Crippen molar-refractivity contribution in [1.29, 1.82) is 5.26 Å². The number of rotatable bonds is 6. The number of fused-ring (bicyclic) bond motifs is 1. The number of nitrogens with one attached hydrogen (secondary N) is 2. The van der Waals surface area contributed by atoms with E-state index < -0.39 is 15.6 Å². The van der Waals surface area contributed by atoms with Crippen LogP contribution in [0.3, 0.4) is 0 Å². The van der Waals surface area contributed by atoms with Gasteiger partial charge in [0.2, 0.25) is 0 Å². The molecule has 0 aliphatic heterocycles. The lowest BCUT2D eigenvalue weighted by Gasteiger charge is -2.11. The summed E-state index contributed by atoms with van der Waals surface area (Å²) in [6, 6.07) is 14.1. The van der Waals surface area contributed by atoms with Gasteiger partial charge in [0.05, 0.1) is 29.6 Å². The smallest absolute Gasteiger partial charge is 0.294 e. The average molecular weight is 464 g/mol. The molecule has 13 heteroatoms. The Morgan fingerprint density at radius 3 is 2.61 bits per heavy atom. The number of nitrogens with two attached hydrogens (primary N) is 1. The number of H-pyrrole nitrogens is 1. The van der Waals surface area contributed by atoms with Crippen molar-refractivity contribution in [3.8, 4) is 11.8 Å². The third-order valence-electron chi connectivity index (χ3n) is 4.52. The Kier molecular flexibility index (Phi) is 5.51. The summed E-state index contributed by atoms with van der Waals surface area (Å²) in [6.45, 7) is 0. The van der Waals surface area contributed by atoms with E-state index in [4.69, 9.17) is 15.7 Å². The van der Waals surface area contributed by atoms with Gasteiger partial charge in [-0.3, -0.25) is 14.6 Å². The molecule has 166 valence electrons. The van der Waals surface area contributed by atoms with Crippen LogP contribution in [0.4, 0.5) is 22.9 Å². The molecule has 0 fully saturated rings. The standard InChI is InChI=1S/C20H16N8O4S/c1-32-16-5-3-2-4-15(16)27-33(30,31)14-8-6-13(7-9-14)24-25-17-19-23-18(22)12(10-21)11-28(19)26-20(17)29/h2-9,11,27H,1H3,(H2,22,23)(H,26,29). The van der Waals surface area contributed by atoms with E-state index in [9.17, 15) is 13.2 Å². The van der Waals surface area contributed by atoms with Gasteiger partial charge in [0.25, 0.3) is 15.6 Å². The van der Waals surface area contributed by atoms with Crippen molar-refractivity contribution in [2.24, 2.45) is 10.2 Å². The van der Waals surface area contributed by atoms with Gasteiger partial charge in [-0.05, 0) is 36.4 Å². The Hall–Kier alpha value is -4.70. The highest BCUT2D eigenvalue weighted by molar-refractivity contribution is 7.92. The van der Waals surface area contributed by atoms with Gasteiger partial charge in [-0.2, -0.15) is 10.4 Å². The van der Waals surface area contributed by atoms with Crippen LogP contribution in [0.1, 0.15) is 5.56 Å². The minimum atomic E-state index is -3.88. The van der Waals surface area contributed by atoms with Crippen LogP contribution in [0.15, 0.2) is 74.6 Å². The molecule has 0 saturated heterocycles. The largest absolute Gasteiger partial charge is 0.495 e. The number of hydrogen-bond donors (Lipinski definition) is 3. The van der Waals surface area contributed by atoms with Crippen LogP contribution in [0.2, 0.25) is 0 Å². The summed E-state index contributed by atoms with van der Waals surface area (Å²) >= 11 is 0. The summed E-state index contributed by atoms with van der Waals surface area (Å²) in [5, 5.41) is 19.4. The molecule has 0 atom stereocenters. The average Bonchev–Trinajstić information content (AvgIpc) is 3.11. The molecule has 0 saturated carbocycles. The molecule has 0 aliphatic rings. The first-order chi connectivity index (χ1) is 15.8. The van der Waals surface area contributed by atoms with Crippen molar-refractivity contribution in [3.05, 3.63) is 70.6 Å². The molecule has 0 unspecified atom stereocenters. The molecule has 4 aromatic rings. The van der Waals surface area contributed by atoms with Gasteiger partial charge >= 0.3 is 0 Å². The minimum Gasteiger partial charge on any atom is -0.495 e. The minimum absolute atomic E-state index is 0.00186. The maximum atomic E-state index is 12.7. The predicted octanol–water partition coefficient (Wildman–Crippen LogP) is 2.70. The molecule has 4 rings (SSSR count). The number of benzene rings is 2. The Balaban J connectivity index is 1.59. The summed E-state index contributed by atoms with van der Waals surface area (Å²) in [5.74, 6) is 0.331. The number of methoxy groups -OCH3 is 1. The van der Waals surface area contributed by atoms with E-state index >= 15 is 0 Å². The highest BCUT2D eigenvalue weighted by atomic mass is 32.2. The van der Waals surface area contributed by atoms with Gasteiger partial charge in [-0.15, -0.1) is 5.11 Å². The zero-order valence-electron chi connectivity index (χ0n) is 17.1. The second kappa shape index (κ2) is 8.44. The SMILES string of the molecule is COc1ccccc1NS(=O)(=O)c1ccc(N=Nc2c(=O)[nH]n3cc(C#N)c(N)nc23)cc1. The summed E-state index contributed by atoms with van der Waals surface area (Å²) in [4.78, 5) is 16.2. The number of ether oxygens (including phenoxy) is 1. The molecular weight excluding hydrogens is 448 g/mol. The second-order valence-corrected chi connectivity index (χ2v) is 8.32. The normalized spacial score (nSPS) is 11.5. The van der Waals surface area contributed by atoms with E-state index in [0.29, 0.717) is 17.1 Å². The van der Waals surface area contributed by atoms with E-state index in [-0.39, 0.29) is 27.6 Å². The highest BCUT2D eigenvalue weighted by Crippen LogP contribution is 2.27. The molecule has 0 amide bonds. The fraction of sp³-hybridized carbons (Fsp3) is 0.0500. The van der Waals surface area contributed by atoms with Crippen molar-refractivity contribution in [2.45, 2.75) is 4.90 Å². The fourth-order valence-corrected chi connectivity index (χ4v) is 3.98. The van der Waals surface area contributed by atoms with Crippen LogP contribution in [0.5, 0.6) is 5.75 Å². The van der Waals surface area contributed by atoms with E-state index in [1.54, 1.807) is 24.3 Å². The lowest BCUT2D eigenvalue weighted by atomic mass is 10.3. The van der Waals surface area contributed by atoms with Gasteiger partial charge in [0.1, 0.15) is 23.2 Å². The first-order valence-electron chi connectivity index (χ1n) is 9.31. The van der Waals surface area contributed by atoms with Crippen molar-refractivity contribution in [1.82, 2.24) is 14.6 Å². The number of nitrogen functional groups attached to an aromatic ring is 1. The van der Waals surface area contributed by atoms with Crippen LogP contribution in [0, 0.1) is 11.3 Å². The molecule has 0 aliphatic carbocycles. The Morgan fingerprint density at radius 1 is 1.18 bits per heavy atom. The van der Waals surface area contributed by atoms with Gasteiger partial charge in [0.15, 0.2) is 11.3 Å². The zero-order valence-corrected chi connectivity index (χ0v) is 17.9. The highest BCUT2D eigenvalue weighted by Gasteiger charge is 2.17. The Morgan fingerprint density at radius 2 is 1.91 bits per heavy atom. The maximum Gasteiger partial charge on any atom is 0.294 e. The molecule has 33 heavy (non-hydrogen) atoms.